The van der Waals surface area contributed by atoms with E-state index in [2.05, 4.69) is 27.3 Å². The maximum atomic E-state index is 5.53. The van der Waals surface area contributed by atoms with E-state index >= 15 is 0 Å². The molecule has 0 radical (unpaired) electrons. The fraction of sp³-hybridized carbons (Fsp3) is 0.0714. The molecule has 0 aliphatic carbocycles. The molecule has 0 unspecified atom stereocenters. The number of fused-ring (bicyclic) bond motifs is 1. The number of benzene rings is 1. The molecule has 0 saturated carbocycles. The summed E-state index contributed by atoms with van der Waals surface area (Å²) in [6, 6.07) is 13.7. The number of nitrogens with zero attached hydrogens (tertiary/aromatic N) is 3. The van der Waals surface area contributed by atoms with Crippen molar-refractivity contribution >= 4 is 16.7 Å². The molecule has 2 heterocycles. The fourth-order valence-electron chi connectivity index (χ4n) is 1.88. The monoisotopic (exact) mass is 236 g/mol. The largest absolute Gasteiger partial charge is 0.382 e. The zero-order valence-corrected chi connectivity index (χ0v) is 9.96. The molecular weight excluding hydrogens is 224 g/mol. The minimum atomic E-state index is 0.428. The fourth-order valence-corrected chi connectivity index (χ4v) is 1.88. The van der Waals surface area contributed by atoms with Crippen molar-refractivity contribution in [1.29, 1.82) is 0 Å². The number of hydrogen-bond donors (Lipinski definition) is 1. The van der Waals surface area contributed by atoms with Crippen molar-refractivity contribution in [2.75, 3.05) is 5.73 Å². The molecule has 0 aliphatic heterocycles. The van der Waals surface area contributed by atoms with Crippen molar-refractivity contribution < 1.29 is 0 Å². The Hall–Kier alpha value is -2.49. The van der Waals surface area contributed by atoms with Crippen LogP contribution < -0.4 is 5.73 Å². The van der Waals surface area contributed by atoms with Crippen LogP contribution in [0.2, 0.25) is 0 Å². The number of anilines is 1. The second-order valence-corrected chi connectivity index (χ2v) is 4.20. The molecule has 88 valence electrons. The van der Waals surface area contributed by atoms with Gasteiger partial charge in [-0.2, -0.15) is 0 Å². The Kier molecular flexibility index (Phi) is 2.41. The zero-order valence-electron chi connectivity index (χ0n) is 9.96. The normalized spacial score (nSPS) is 10.7. The van der Waals surface area contributed by atoms with E-state index < -0.39 is 0 Å². The Labute approximate surface area is 105 Å². The van der Waals surface area contributed by atoms with Gasteiger partial charge in [0.15, 0.2) is 0 Å². The number of aromatic nitrogens is 3. The van der Waals surface area contributed by atoms with E-state index in [1.54, 1.807) is 6.07 Å². The number of hydrogen-bond acceptors (Lipinski definition) is 4. The molecule has 0 fully saturated rings. The highest BCUT2D eigenvalue weighted by Gasteiger charge is 2.02. The molecule has 2 N–H and O–H groups in total. The first kappa shape index (κ1) is 10.7. The van der Waals surface area contributed by atoms with Crippen molar-refractivity contribution in [2.24, 2.45) is 0 Å². The van der Waals surface area contributed by atoms with Crippen LogP contribution in [-0.2, 0) is 0 Å². The number of nitrogen functional groups attached to an aromatic ring is 1. The van der Waals surface area contributed by atoms with Crippen LogP contribution in [-0.4, -0.2) is 15.2 Å². The van der Waals surface area contributed by atoms with E-state index in [0.717, 1.165) is 27.9 Å². The van der Waals surface area contributed by atoms with Crippen LogP contribution in [0.1, 0.15) is 5.69 Å². The van der Waals surface area contributed by atoms with Gasteiger partial charge in [-0.25, -0.2) is 0 Å². The van der Waals surface area contributed by atoms with Crippen LogP contribution in [0.25, 0.3) is 22.2 Å². The van der Waals surface area contributed by atoms with Gasteiger partial charge < -0.3 is 5.73 Å². The van der Waals surface area contributed by atoms with Crippen LogP contribution in [0.3, 0.4) is 0 Å². The summed E-state index contributed by atoms with van der Waals surface area (Å²) < 4.78 is 0. The molecule has 0 amide bonds. The third-order valence-electron chi connectivity index (χ3n) is 2.81. The van der Waals surface area contributed by atoms with Crippen molar-refractivity contribution in [2.45, 2.75) is 6.92 Å². The number of pyridine rings is 1. The van der Waals surface area contributed by atoms with Crippen molar-refractivity contribution in [3.8, 4) is 11.3 Å². The van der Waals surface area contributed by atoms with Crippen LogP contribution in [0.5, 0.6) is 0 Å². The van der Waals surface area contributed by atoms with Gasteiger partial charge in [0, 0.05) is 16.6 Å². The van der Waals surface area contributed by atoms with E-state index in [1.807, 2.05) is 31.2 Å². The lowest BCUT2D eigenvalue weighted by atomic mass is 10.1. The summed E-state index contributed by atoms with van der Waals surface area (Å²) in [5.74, 6) is 0.428. The first-order valence-electron chi connectivity index (χ1n) is 5.69. The number of rotatable bonds is 1. The van der Waals surface area contributed by atoms with Gasteiger partial charge >= 0.3 is 0 Å². The number of nitrogens with two attached hydrogens (primary N) is 1. The van der Waals surface area contributed by atoms with Crippen molar-refractivity contribution in [3.05, 3.63) is 48.2 Å². The molecule has 4 heteroatoms. The van der Waals surface area contributed by atoms with Crippen LogP contribution in [0.15, 0.2) is 42.5 Å². The van der Waals surface area contributed by atoms with Gasteiger partial charge in [0.2, 0.25) is 0 Å². The molecule has 2 aromatic heterocycles. The summed E-state index contributed by atoms with van der Waals surface area (Å²) in [5.41, 5.74) is 9.36. The van der Waals surface area contributed by atoms with Gasteiger partial charge in [-0.3, -0.25) is 4.98 Å². The Morgan fingerprint density at radius 1 is 0.944 bits per heavy atom. The van der Waals surface area contributed by atoms with E-state index in [4.69, 9.17) is 5.73 Å². The van der Waals surface area contributed by atoms with Crippen molar-refractivity contribution in [1.82, 2.24) is 15.2 Å². The lowest BCUT2D eigenvalue weighted by molar-refractivity contribution is 1.05. The molecule has 4 nitrogen and oxygen atoms in total. The van der Waals surface area contributed by atoms with Crippen LogP contribution in [0, 0.1) is 6.92 Å². The Bertz CT molecular complexity index is 705. The van der Waals surface area contributed by atoms with Gasteiger partial charge in [0.05, 0.1) is 11.2 Å². The maximum Gasteiger partial charge on any atom is 0.146 e. The van der Waals surface area contributed by atoms with Gasteiger partial charge in [0.25, 0.3) is 0 Å². The molecular formula is C14H12N4. The smallest absolute Gasteiger partial charge is 0.146 e. The summed E-state index contributed by atoms with van der Waals surface area (Å²) >= 11 is 0. The quantitative estimate of drug-likeness (QED) is 0.705. The summed E-state index contributed by atoms with van der Waals surface area (Å²) in [5, 5.41) is 9.03. The van der Waals surface area contributed by atoms with Crippen LogP contribution in [0.4, 0.5) is 5.82 Å². The van der Waals surface area contributed by atoms with E-state index in [-0.39, 0.29) is 0 Å². The molecule has 18 heavy (non-hydrogen) atoms. The van der Waals surface area contributed by atoms with Gasteiger partial charge in [-0.15, -0.1) is 10.2 Å². The van der Waals surface area contributed by atoms with Gasteiger partial charge in [-0.05, 0) is 37.3 Å². The summed E-state index contributed by atoms with van der Waals surface area (Å²) in [6.07, 6.45) is 0. The minimum absolute atomic E-state index is 0.428. The average Bonchev–Trinajstić information content (AvgIpc) is 2.39. The lowest BCUT2D eigenvalue weighted by Gasteiger charge is -2.03. The van der Waals surface area contributed by atoms with Gasteiger partial charge in [-0.1, -0.05) is 12.1 Å². The third-order valence-corrected chi connectivity index (χ3v) is 2.81. The average molecular weight is 236 g/mol. The van der Waals surface area contributed by atoms with E-state index in [9.17, 15) is 0 Å². The first-order valence-corrected chi connectivity index (χ1v) is 5.69. The first-order chi connectivity index (χ1) is 8.72. The summed E-state index contributed by atoms with van der Waals surface area (Å²) in [4.78, 5) is 4.47. The van der Waals surface area contributed by atoms with E-state index in [1.165, 1.54) is 0 Å². The van der Waals surface area contributed by atoms with Crippen LogP contribution >= 0.6 is 0 Å². The maximum absolute atomic E-state index is 5.53. The molecule has 0 saturated heterocycles. The highest BCUT2D eigenvalue weighted by molar-refractivity contribution is 5.83. The third kappa shape index (κ3) is 1.88. The SMILES string of the molecule is Cc1ccc2cc(-c3ccc(N)nn3)ccc2n1. The zero-order chi connectivity index (χ0) is 12.5. The standard InChI is InChI=1S/C14H12N4/c1-9-2-3-10-8-11(4-5-12(10)16-9)13-6-7-14(15)18-17-13/h2-8H,1H3,(H2,15,18). The highest BCUT2D eigenvalue weighted by Crippen LogP contribution is 2.22. The Morgan fingerprint density at radius 3 is 2.61 bits per heavy atom. The molecule has 3 rings (SSSR count). The second-order valence-electron chi connectivity index (χ2n) is 4.20. The molecule has 0 atom stereocenters. The highest BCUT2D eigenvalue weighted by atomic mass is 15.1. The summed E-state index contributed by atoms with van der Waals surface area (Å²) in [6.45, 7) is 1.98. The lowest BCUT2D eigenvalue weighted by Crippen LogP contribution is -1.94. The number of aryl methyl sites for hydroxylation is 1. The molecule has 0 aliphatic rings. The molecule has 1 aromatic carbocycles. The topological polar surface area (TPSA) is 64.7 Å². The Balaban J connectivity index is 2.13. The minimum Gasteiger partial charge on any atom is -0.382 e. The Morgan fingerprint density at radius 2 is 1.83 bits per heavy atom. The van der Waals surface area contributed by atoms with E-state index in [0.29, 0.717) is 5.82 Å². The second kappa shape index (κ2) is 4.07. The summed E-state index contributed by atoms with van der Waals surface area (Å²) in [7, 11) is 0. The van der Waals surface area contributed by atoms with Gasteiger partial charge in [0.1, 0.15) is 5.82 Å². The molecule has 0 spiro atoms. The predicted octanol–water partition coefficient (Wildman–Crippen LogP) is 2.58. The van der Waals surface area contributed by atoms with Crippen molar-refractivity contribution in [3.63, 3.8) is 0 Å². The molecule has 0 bridgehead atoms. The molecule has 3 aromatic rings. The predicted molar refractivity (Wildman–Crippen MR) is 71.9 cm³/mol.